The number of carbonyl (C=O) groups is 1. The maximum Gasteiger partial charge on any atom is 0.332 e. The van der Waals surface area contributed by atoms with E-state index in [1.54, 1.807) is 23.0 Å². The molecule has 3 aromatic heterocycles. The van der Waals surface area contributed by atoms with Crippen LogP contribution in [0.1, 0.15) is 17.7 Å². The smallest absolute Gasteiger partial charge is 0.332 e. The molecule has 25 heavy (non-hydrogen) atoms. The van der Waals surface area contributed by atoms with Crippen LogP contribution in [0.5, 0.6) is 0 Å². The molecule has 132 valence electrons. The summed E-state index contributed by atoms with van der Waals surface area (Å²) in [5.74, 6) is -0.0295. The predicted molar refractivity (Wildman–Crippen MR) is 95.6 cm³/mol. The highest BCUT2D eigenvalue weighted by Gasteiger charge is 2.14. The first-order valence-electron chi connectivity index (χ1n) is 7.89. The Bertz CT molecular complexity index is 1010. The lowest BCUT2D eigenvalue weighted by Gasteiger charge is -2.07. The van der Waals surface area contributed by atoms with Crippen molar-refractivity contribution in [2.24, 2.45) is 14.1 Å². The summed E-state index contributed by atoms with van der Waals surface area (Å²) in [6.07, 6.45) is 2.47. The molecule has 3 aromatic rings. The van der Waals surface area contributed by atoms with Crippen molar-refractivity contribution in [1.82, 2.24) is 24.0 Å². The van der Waals surface area contributed by atoms with Gasteiger partial charge in [-0.3, -0.25) is 18.7 Å². The van der Waals surface area contributed by atoms with Crippen LogP contribution in [0.4, 0.5) is 0 Å². The van der Waals surface area contributed by atoms with E-state index in [9.17, 15) is 14.4 Å². The first-order valence-corrected chi connectivity index (χ1v) is 8.77. The molecule has 1 amide bonds. The summed E-state index contributed by atoms with van der Waals surface area (Å²) < 4.78 is 4.11. The number of imidazole rings is 1. The number of aryl methyl sites for hydroxylation is 2. The zero-order valence-electron chi connectivity index (χ0n) is 14.1. The minimum absolute atomic E-state index is 0.0295. The fourth-order valence-corrected chi connectivity index (χ4v) is 3.31. The Balaban J connectivity index is 1.65. The summed E-state index contributed by atoms with van der Waals surface area (Å²) in [6.45, 7) is 1.02. The molecule has 0 aliphatic heterocycles. The van der Waals surface area contributed by atoms with E-state index in [0.717, 1.165) is 9.44 Å². The number of fused-ring (bicyclic) bond motifs is 1. The van der Waals surface area contributed by atoms with Crippen LogP contribution < -0.4 is 16.6 Å². The number of carbonyl (C=O) groups excluding carboxylic acids is 1. The molecule has 3 rings (SSSR count). The van der Waals surface area contributed by atoms with E-state index in [1.165, 1.54) is 17.9 Å². The second kappa shape index (κ2) is 7.06. The molecular formula is C16H19N5O3S. The predicted octanol–water partition coefficient (Wildman–Crippen LogP) is 0.592. The van der Waals surface area contributed by atoms with Crippen molar-refractivity contribution in [3.63, 3.8) is 0 Å². The molecule has 0 saturated heterocycles. The first kappa shape index (κ1) is 17.2. The Hall–Kier alpha value is -2.68. The standard InChI is InChI=1S/C16H19N5O3S/c1-19-14-13(15(23)20(2)16(19)24)21(10-18-14)7-3-6-12(22)17-9-11-5-4-8-25-11/h4-5,8,10H,3,6-7,9H2,1-2H3,(H,17,22). The number of rotatable bonds is 6. The Morgan fingerprint density at radius 3 is 2.80 bits per heavy atom. The van der Waals surface area contributed by atoms with E-state index in [1.807, 2.05) is 17.5 Å². The van der Waals surface area contributed by atoms with Gasteiger partial charge in [-0.05, 0) is 17.9 Å². The number of hydrogen-bond acceptors (Lipinski definition) is 5. The lowest BCUT2D eigenvalue weighted by atomic mass is 10.3. The second-order valence-electron chi connectivity index (χ2n) is 5.78. The Labute approximate surface area is 147 Å². The van der Waals surface area contributed by atoms with Gasteiger partial charge in [0.1, 0.15) is 0 Å². The molecule has 0 atom stereocenters. The van der Waals surface area contributed by atoms with Crippen LogP contribution in [-0.4, -0.2) is 24.6 Å². The summed E-state index contributed by atoms with van der Waals surface area (Å²) in [5.41, 5.74) is -0.0488. The minimum Gasteiger partial charge on any atom is -0.351 e. The fourth-order valence-electron chi connectivity index (χ4n) is 2.66. The van der Waals surface area contributed by atoms with E-state index in [0.29, 0.717) is 37.1 Å². The fraction of sp³-hybridized carbons (Fsp3) is 0.375. The number of thiophene rings is 1. The molecule has 0 bridgehead atoms. The molecule has 3 heterocycles. The van der Waals surface area contributed by atoms with E-state index in [-0.39, 0.29) is 11.5 Å². The molecule has 9 heteroatoms. The van der Waals surface area contributed by atoms with E-state index >= 15 is 0 Å². The minimum atomic E-state index is -0.407. The van der Waals surface area contributed by atoms with Gasteiger partial charge >= 0.3 is 5.69 Å². The highest BCUT2D eigenvalue weighted by Crippen LogP contribution is 2.09. The maximum atomic E-state index is 12.3. The van der Waals surface area contributed by atoms with Crippen molar-refractivity contribution in [2.45, 2.75) is 25.9 Å². The van der Waals surface area contributed by atoms with Gasteiger partial charge in [0.05, 0.1) is 12.9 Å². The third-order valence-corrected chi connectivity index (χ3v) is 4.94. The number of nitrogens with zero attached hydrogens (tertiary/aromatic N) is 4. The van der Waals surface area contributed by atoms with Crippen LogP contribution in [0.2, 0.25) is 0 Å². The summed E-state index contributed by atoms with van der Waals surface area (Å²) in [7, 11) is 3.03. The topological polar surface area (TPSA) is 90.9 Å². The van der Waals surface area contributed by atoms with E-state index in [2.05, 4.69) is 10.3 Å². The molecule has 0 saturated carbocycles. The highest BCUT2D eigenvalue weighted by molar-refractivity contribution is 7.09. The van der Waals surface area contributed by atoms with Gasteiger partial charge in [-0.1, -0.05) is 6.07 Å². The van der Waals surface area contributed by atoms with Crippen molar-refractivity contribution in [3.05, 3.63) is 49.6 Å². The van der Waals surface area contributed by atoms with Crippen molar-refractivity contribution >= 4 is 28.4 Å². The van der Waals surface area contributed by atoms with Crippen molar-refractivity contribution in [3.8, 4) is 0 Å². The zero-order valence-corrected chi connectivity index (χ0v) is 14.9. The van der Waals surface area contributed by atoms with Gasteiger partial charge in [-0.2, -0.15) is 0 Å². The average Bonchev–Trinajstić information content (AvgIpc) is 3.26. The average molecular weight is 361 g/mol. The normalized spacial score (nSPS) is 11.1. The molecule has 0 radical (unpaired) electrons. The number of amides is 1. The van der Waals surface area contributed by atoms with Gasteiger partial charge in [0.15, 0.2) is 11.2 Å². The largest absolute Gasteiger partial charge is 0.351 e. The Kier molecular flexibility index (Phi) is 4.84. The van der Waals surface area contributed by atoms with Crippen LogP contribution in [0, 0.1) is 0 Å². The third kappa shape index (κ3) is 3.41. The quantitative estimate of drug-likeness (QED) is 0.696. The molecule has 8 nitrogen and oxygen atoms in total. The van der Waals surface area contributed by atoms with Crippen molar-refractivity contribution in [1.29, 1.82) is 0 Å². The van der Waals surface area contributed by atoms with Crippen LogP contribution >= 0.6 is 11.3 Å². The number of hydrogen-bond donors (Lipinski definition) is 1. The summed E-state index contributed by atoms with van der Waals surface area (Å²) in [5, 5.41) is 4.85. The molecular weight excluding hydrogens is 342 g/mol. The van der Waals surface area contributed by atoms with E-state index < -0.39 is 5.69 Å². The van der Waals surface area contributed by atoms with Crippen LogP contribution in [0.15, 0.2) is 33.4 Å². The highest BCUT2D eigenvalue weighted by atomic mass is 32.1. The Morgan fingerprint density at radius 2 is 2.08 bits per heavy atom. The Morgan fingerprint density at radius 1 is 1.28 bits per heavy atom. The molecule has 0 aromatic carbocycles. The van der Waals surface area contributed by atoms with Crippen LogP contribution in [0.25, 0.3) is 11.2 Å². The SMILES string of the molecule is Cn1c(=O)c2c(ncn2CCCC(=O)NCc2cccs2)n(C)c1=O. The van der Waals surface area contributed by atoms with Crippen molar-refractivity contribution in [2.75, 3.05) is 0 Å². The summed E-state index contributed by atoms with van der Waals surface area (Å²) >= 11 is 1.60. The lowest BCUT2D eigenvalue weighted by molar-refractivity contribution is -0.121. The van der Waals surface area contributed by atoms with Crippen molar-refractivity contribution < 1.29 is 4.79 Å². The molecule has 0 fully saturated rings. The van der Waals surface area contributed by atoms with Gasteiger partial charge in [-0.25, -0.2) is 9.78 Å². The molecule has 0 aliphatic carbocycles. The first-order chi connectivity index (χ1) is 12.0. The monoisotopic (exact) mass is 361 g/mol. The molecule has 0 unspecified atom stereocenters. The lowest BCUT2D eigenvalue weighted by Crippen LogP contribution is -2.37. The summed E-state index contributed by atoms with van der Waals surface area (Å²) in [6, 6.07) is 3.92. The zero-order chi connectivity index (χ0) is 18.0. The van der Waals surface area contributed by atoms with E-state index in [4.69, 9.17) is 0 Å². The number of nitrogens with one attached hydrogen (secondary N) is 1. The van der Waals surface area contributed by atoms with Gasteiger partial charge < -0.3 is 9.88 Å². The molecule has 0 spiro atoms. The maximum absolute atomic E-state index is 12.3. The van der Waals surface area contributed by atoms with Gasteiger partial charge in [0.2, 0.25) is 5.91 Å². The van der Waals surface area contributed by atoms with Crippen LogP contribution in [0.3, 0.4) is 0 Å². The second-order valence-corrected chi connectivity index (χ2v) is 6.81. The van der Waals surface area contributed by atoms with Gasteiger partial charge in [0, 0.05) is 31.9 Å². The molecule has 1 N–H and O–H groups in total. The summed E-state index contributed by atoms with van der Waals surface area (Å²) in [4.78, 5) is 41.4. The third-order valence-electron chi connectivity index (χ3n) is 4.06. The van der Waals surface area contributed by atoms with Gasteiger partial charge in [-0.15, -0.1) is 11.3 Å². The number of aromatic nitrogens is 4. The molecule has 0 aliphatic rings. The van der Waals surface area contributed by atoms with Crippen LogP contribution in [-0.2, 0) is 32.0 Å². The van der Waals surface area contributed by atoms with Gasteiger partial charge in [0.25, 0.3) is 5.56 Å².